The number of non-ortho nitro benzene ring substituents is 1. The Morgan fingerprint density at radius 3 is 2.50 bits per heavy atom. The molecule has 0 spiro atoms. The zero-order valence-corrected chi connectivity index (χ0v) is 10.8. The van der Waals surface area contributed by atoms with Gasteiger partial charge in [-0.1, -0.05) is 0 Å². The van der Waals surface area contributed by atoms with Gasteiger partial charge in [-0.3, -0.25) is 10.1 Å². The second kappa shape index (κ2) is 6.01. The number of nitrogens with one attached hydrogen (secondary N) is 1. The molecule has 0 unspecified atom stereocenters. The predicted molar refractivity (Wildman–Crippen MR) is 73.9 cm³/mol. The van der Waals surface area contributed by atoms with Crippen molar-refractivity contribution in [2.75, 3.05) is 11.9 Å². The molecule has 0 bridgehead atoms. The van der Waals surface area contributed by atoms with Gasteiger partial charge in [0.2, 0.25) is 0 Å². The summed E-state index contributed by atoms with van der Waals surface area (Å²) in [6.45, 7) is 2.46. The minimum absolute atomic E-state index is 0.180. The maximum Gasteiger partial charge on any atom is 0.272 e. The molecule has 0 atom stereocenters. The van der Waals surface area contributed by atoms with Crippen LogP contribution in [0, 0.1) is 15.9 Å². The van der Waals surface area contributed by atoms with Gasteiger partial charge in [0.25, 0.3) is 5.69 Å². The van der Waals surface area contributed by atoms with Gasteiger partial charge in [-0.15, -0.1) is 0 Å². The Morgan fingerprint density at radius 1 is 1.25 bits per heavy atom. The highest BCUT2D eigenvalue weighted by Gasteiger charge is 2.10. The summed E-state index contributed by atoms with van der Waals surface area (Å²) in [5, 5.41) is 13.4. The van der Waals surface area contributed by atoms with Crippen molar-refractivity contribution in [1.29, 1.82) is 0 Å². The first-order chi connectivity index (χ1) is 9.60. The summed E-state index contributed by atoms with van der Waals surface area (Å²) in [5.74, 6) is 0.0512. The largest absolute Gasteiger partial charge is 0.494 e. The van der Waals surface area contributed by atoms with Crippen LogP contribution in [0.15, 0.2) is 42.5 Å². The molecule has 20 heavy (non-hydrogen) atoms. The summed E-state index contributed by atoms with van der Waals surface area (Å²) in [7, 11) is 0. The molecule has 0 aliphatic heterocycles. The van der Waals surface area contributed by atoms with Crippen LogP contribution in [-0.2, 0) is 0 Å². The van der Waals surface area contributed by atoms with Gasteiger partial charge in [0.1, 0.15) is 5.75 Å². The molecule has 0 aliphatic carbocycles. The number of ether oxygens (including phenoxy) is 1. The van der Waals surface area contributed by atoms with Crippen LogP contribution in [0.4, 0.5) is 21.5 Å². The number of nitrogens with zero attached hydrogens (tertiary/aromatic N) is 1. The Labute approximate surface area is 115 Å². The number of anilines is 2. The topological polar surface area (TPSA) is 64.4 Å². The lowest BCUT2D eigenvalue weighted by Gasteiger charge is -2.08. The third kappa shape index (κ3) is 3.23. The van der Waals surface area contributed by atoms with Gasteiger partial charge in [-0.2, -0.15) is 0 Å². The van der Waals surface area contributed by atoms with E-state index in [1.54, 1.807) is 24.3 Å². The van der Waals surface area contributed by atoms with Crippen LogP contribution >= 0.6 is 0 Å². The molecule has 104 valence electrons. The standard InChI is InChI=1S/C14H13FN2O3/c1-2-20-12-6-3-10(4-7-12)16-14-8-5-11(17(18)19)9-13(14)15/h3-9,16H,2H2,1H3. The van der Waals surface area contributed by atoms with E-state index >= 15 is 0 Å². The maximum absolute atomic E-state index is 13.7. The van der Waals surface area contributed by atoms with Crippen LogP contribution < -0.4 is 10.1 Å². The molecule has 5 nitrogen and oxygen atoms in total. The van der Waals surface area contributed by atoms with E-state index in [1.165, 1.54) is 12.1 Å². The van der Waals surface area contributed by atoms with E-state index in [4.69, 9.17) is 4.74 Å². The highest BCUT2D eigenvalue weighted by Crippen LogP contribution is 2.25. The molecule has 0 radical (unpaired) electrons. The van der Waals surface area contributed by atoms with Gasteiger partial charge in [0, 0.05) is 11.8 Å². The molecule has 0 heterocycles. The molecule has 0 amide bonds. The fourth-order valence-electron chi connectivity index (χ4n) is 1.68. The predicted octanol–water partition coefficient (Wildman–Crippen LogP) is 3.88. The third-order valence-electron chi connectivity index (χ3n) is 2.61. The summed E-state index contributed by atoms with van der Waals surface area (Å²) in [6, 6.07) is 10.5. The summed E-state index contributed by atoms with van der Waals surface area (Å²) in [4.78, 5) is 9.89. The van der Waals surface area contributed by atoms with Gasteiger partial charge in [0.05, 0.1) is 23.3 Å². The molecule has 1 N–H and O–H groups in total. The fraction of sp³-hybridized carbons (Fsp3) is 0.143. The van der Waals surface area contributed by atoms with Crippen LogP contribution in [0.3, 0.4) is 0 Å². The smallest absolute Gasteiger partial charge is 0.272 e. The first-order valence-corrected chi connectivity index (χ1v) is 6.04. The highest BCUT2D eigenvalue weighted by atomic mass is 19.1. The number of nitro benzene ring substituents is 1. The van der Waals surface area contributed by atoms with E-state index in [1.807, 2.05) is 6.92 Å². The lowest BCUT2D eigenvalue weighted by Crippen LogP contribution is -1.96. The Hall–Kier alpha value is -2.63. The van der Waals surface area contributed by atoms with Gasteiger partial charge in [-0.05, 0) is 37.3 Å². The fourth-order valence-corrected chi connectivity index (χ4v) is 1.68. The van der Waals surface area contributed by atoms with Crippen molar-refractivity contribution in [3.05, 3.63) is 58.4 Å². The van der Waals surface area contributed by atoms with E-state index in [-0.39, 0.29) is 11.4 Å². The summed E-state index contributed by atoms with van der Waals surface area (Å²) in [6.07, 6.45) is 0. The van der Waals surface area contributed by atoms with Crippen LogP contribution in [-0.4, -0.2) is 11.5 Å². The number of rotatable bonds is 5. The van der Waals surface area contributed by atoms with Crippen LogP contribution in [0.2, 0.25) is 0 Å². The quantitative estimate of drug-likeness (QED) is 0.665. The molecule has 6 heteroatoms. The van der Waals surface area contributed by atoms with Crippen LogP contribution in [0.25, 0.3) is 0 Å². The Morgan fingerprint density at radius 2 is 1.95 bits per heavy atom. The van der Waals surface area contributed by atoms with E-state index in [9.17, 15) is 14.5 Å². The summed E-state index contributed by atoms with van der Waals surface area (Å²) >= 11 is 0. The highest BCUT2D eigenvalue weighted by molar-refractivity contribution is 5.62. The zero-order chi connectivity index (χ0) is 14.5. The van der Waals surface area contributed by atoms with Crippen molar-refractivity contribution < 1.29 is 14.1 Å². The monoisotopic (exact) mass is 276 g/mol. The maximum atomic E-state index is 13.7. The minimum atomic E-state index is -0.673. The molecule has 0 fully saturated rings. The van der Waals surface area contributed by atoms with Crippen molar-refractivity contribution in [2.45, 2.75) is 6.92 Å². The Balaban J connectivity index is 2.15. The summed E-state index contributed by atoms with van der Waals surface area (Å²) < 4.78 is 19.0. The lowest BCUT2D eigenvalue weighted by molar-refractivity contribution is -0.385. The molecule has 0 aliphatic rings. The van der Waals surface area contributed by atoms with Crippen molar-refractivity contribution in [3.8, 4) is 5.75 Å². The van der Waals surface area contributed by atoms with Gasteiger partial charge in [0.15, 0.2) is 5.82 Å². The number of hydrogen-bond donors (Lipinski definition) is 1. The normalized spacial score (nSPS) is 10.1. The van der Waals surface area contributed by atoms with Gasteiger partial charge < -0.3 is 10.1 Å². The van der Waals surface area contributed by atoms with E-state index in [0.29, 0.717) is 12.3 Å². The van der Waals surface area contributed by atoms with Crippen molar-refractivity contribution in [2.24, 2.45) is 0 Å². The van der Waals surface area contributed by atoms with E-state index in [0.717, 1.165) is 11.8 Å². The van der Waals surface area contributed by atoms with Crippen LogP contribution in [0.1, 0.15) is 6.92 Å². The van der Waals surface area contributed by atoms with E-state index < -0.39 is 10.7 Å². The van der Waals surface area contributed by atoms with E-state index in [2.05, 4.69) is 5.32 Å². The number of halogens is 1. The molecule has 2 aromatic rings. The molecule has 0 aromatic heterocycles. The number of nitro groups is 1. The number of benzene rings is 2. The molecule has 0 saturated heterocycles. The summed E-state index contributed by atoms with van der Waals surface area (Å²) in [5.41, 5.74) is 0.570. The Bertz CT molecular complexity index is 614. The molecule has 2 rings (SSSR count). The minimum Gasteiger partial charge on any atom is -0.494 e. The van der Waals surface area contributed by atoms with Crippen molar-refractivity contribution >= 4 is 17.1 Å². The third-order valence-corrected chi connectivity index (χ3v) is 2.61. The first kappa shape index (κ1) is 13.8. The zero-order valence-electron chi connectivity index (χ0n) is 10.8. The molecular formula is C14H13FN2O3. The lowest BCUT2D eigenvalue weighted by atomic mass is 10.2. The average Bonchev–Trinajstić information content (AvgIpc) is 2.43. The SMILES string of the molecule is CCOc1ccc(Nc2ccc([N+](=O)[O-])cc2F)cc1. The Kier molecular flexibility index (Phi) is 4.14. The molecule has 2 aromatic carbocycles. The van der Waals surface area contributed by atoms with Crippen LogP contribution in [0.5, 0.6) is 5.75 Å². The van der Waals surface area contributed by atoms with Crippen molar-refractivity contribution in [1.82, 2.24) is 0 Å². The average molecular weight is 276 g/mol. The van der Waals surface area contributed by atoms with Crippen molar-refractivity contribution in [3.63, 3.8) is 0 Å². The number of hydrogen-bond acceptors (Lipinski definition) is 4. The van der Waals surface area contributed by atoms with Gasteiger partial charge in [-0.25, -0.2) is 4.39 Å². The first-order valence-electron chi connectivity index (χ1n) is 6.04. The second-order valence-electron chi connectivity index (χ2n) is 4.00. The molecule has 0 saturated carbocycles. The second-order valence-corrected chi connectivity index (χ2v) is 4.00. The van der Waals surface area contributed by atoms with Gasteiger partial charge >= 0.3 is 0 Å². The molecular weight excluding hydrogens is 263 g/mol.